The third-order valence-corrected chi connectivity index (χ3v) is 13.0. The first-order valence-electron chi connectivity index (χ1n) is 23.2. The maximum absolute atomic E-state index is 14.7. The largest absolute Gasteiger partial charge is 0.494 e. The van der Waals surface area contributed by atoms with E-state index in [1.54, 1.807) is 18.9 Å². The molecular weight excluding hydrogens is 859 g/mol. The second-order valence-electron chi connectivity index (χ2n) is 18.8. The van der Waals surface area contributed by atoms with Crippen LogP contribution < -0.4 is 36.1 Å². The third-order valence-electron chi connectivity index (χ3n) is 13.0. The van der Waals surface area contributed by atoms with Crippen molar-refractivity contribution < 1.29 is 47.8 Å². The van der Waals surface area contributed by atoms with Crippen LogP contribution in [0.25, 0.3) is 0 Å². The van der Waals surface area contributed by atoms with E-state index in [0.29, 0.717) is 38.2 Å². The summed E-state index contributed by atoms with van der Waals surface area (Å²) in [5.41, 5.74) is 3.64. The van der Waals surface area contributed by atoms with Gasteiger partial charge in [0.1, 0.15) is 29.6 Å². The molecule has 0 radical (unpaired) electrons. The van der Waals surface area contributed by atoms with E-state index in [-0.39, 0.29) is 72.5 Å². The first kappa shape index (κ1) is 48.3. The zero-order chi connectivity index (χ0) is 48.0. The minimum Gasteiger partial charge on any atom is -0.494 e. The Morgan fingerprint density at radius 1 is 0.836 bits per heavy atom. The number of nitrogens with zero attached hydrogens (tertiary/aromatic N) is 2. The predicted octanol–water partition coefficient (Wildman–Crippen LogP) is 3.42. The Labute approximate surface area is 390 Å². The van der Waals surface area contributed by atoms with Gasteiger partial charge in [0.2, 0.25) is 29.5 Å². The Kier molecular flexibility index (Phi) is 15.1. The van der Waals surface area contributed by atoms with Crippen LogP contribution in [0.3, 0.4) is 0 Å². The number of carbonyl (C=O) groups is 8. The fraction of sp³-hybridized carbons (Fsp3) is 0.480. The van der Waals surface area contributed by atoms with Crippen molar-refractivity contribution in [1.82, 2.24) is 36.4 Å². The summed E-state index contributed by atoms with van der Waals surface area (Å²) in [5, 5.41) is 14.2. The molecule has 67 heavy (non-hydrogen) atoms. The number of hydrogen-bond donors (Lipinski definition) is 5. The monoisotopic (exact) mass is 919 g/mol. The van der Waals surface area contributed by atoms with Gasteiger partial charge in [-0.1, -0.05) is 51.1 Å². The van der Waals surface area contributed by atoms with Gasteiger partial charge in [-0.25, -0.2) is 0 Å². The Balaban J connectivity index is 0.903. The van der Waals surface area contributed by atoms with Crippen LogP contribution in [-0.4, -0.2) is 108 Å². The number of unbranched alkanes of at least 4 members (excludes halogenated alkanes) is 2. The van der Waals surface area contributed by atoms with E-state index in [1.165, 1.54) is 23.8 Å². The highest BCUT2D eigenvalue weighted by Gasteiger charge is 2.45. The molecule has 0 aromatic heterocycles. The van der Waals surface area contributed by atoms with Crippen molar-refractivity contribution in [3.8, 4) is 11.5 Å². The van der Waals surface area contributed by atoms with Crippen LogP contribution in [0.2, 0.25) is 0 Å². The molecule has 1 aliphatic carbocycles. The van der Waals surface area contributed by atoms with Crippen molar-refractivity contribution in [3.05, 3.63) is 94.0 Å². The standard InChI is InChI=1S/C50H61N7O10/c1-29(51-5)44(60)55-43(50(2,3)4)49(65)56-27-32-24-33(17-16-31(32)25-40(56)46(62)53-38-15-11-13-30-12-7-8-14-35(30)38)66-23-10-6-9-22-52-42(59)28-67-34-18-19-36-37(26-34)48(64)57(47(36)63)39-20-21-41(58)54-45(39)61/h7-8,12,14,16-19,24,26,29,38-40,43,51H,6,9-11,13,15,20-23,25,27-28H2,1-5H3,(H,52,59)(H,53,62)(H,55,60)(H,54,58,61)/t29-,38+,39?,40-,43+/m0/s1. The maximum atomic E-state index is 14.7. The number of likely N-dealkylation sites (N-methyl/N-ethyl adjacent to an activating group) is 1. The molecular formula is C50H61N7O10. The van der Waals surface area contributed by atoms with Gasteiger partial charge in [-0.2, -0.15) is 0 Å². The predicted molar refractivity (Wildman–Crippen MR) is 246 cm³/mol. The third kappa shape index (κ3) is 11.2. The SMILES string of the molecule is CN[C@@H](C)C(=O)N[C@H](C(=O)N1Cc2cc(OCCCCCNC(=O)COc3ccc4c(c3)C(=O)N(C3CCC(=O)NC3=O)C4=O)ccc2C[C@H]1C(=O)N[C@@H]1CCCc2ccccc21)C(C)(C)C. The molecule has 1 saturated heterocycles. The van der Waals surface area contributed by atoms with Crippen LogP contribution in [0, 0.1) is 5.41 Å². The normalized spacial score (nSPS) is 19.9. The summed E-state index contributed by atoms with van der Waals surface area (Å²) in [6.45, 7) is 8.07. The van der Waals surface area contributed by atoms with Crippen LogP contribution in [0.15, 0.2) is 60.7 Å². The first-order chi connectivity index (χ1) is 32.0. The number of benzene rings is 3. The van der Waals surface area contributed by atoms with Gasteiger partial charge in [-0.05, 0) is 117 Å². The summed E-state index contributed by atoms with van der Waals surface area (Å²) in [5.74, 6) is -2.85. The molecule has 356 valence electrons. The summed E-state index contributed by atoms with van der Waals surface area (Å²) < 4.78 is 11.8. The second-order valence-corrected chi connectivity index (χ2v) is 18.8. The highest BCUT2D eigenvalue weighted by atomic mass is 16.5. The Morgan fingerprint density at radius 2 is 1.58 bits per heavy atom. The molecule has 7 rings (SSSR count). The number of aryl methyl sites for hydroxylation is 1. The van der Waals surface area contributed by atoms with E-state index >= 15 is 0 Å². The second kappa shape index (κ2) is 20.9. The zero-order valence-corrected chi connectivity index (χ0v) is 38.8. The molecule has 8 amide bonds. The number of hydrogen-bond acceptors (Lipinski definition) is 11. The van der Waals surface area contributed by atoms with Crippen LogP contribution in [0.4, 0.5) is 0 Å². The van der Waals surface area contributed by atoms with E-state index in [4.69, 9.17) is 9.47 Å². The number of nitrogens with one attached hydrogen (secondary N) is 5. The lowest BCUT2D eigenvalue weighted by molar-refractivity contribution is -0.147. The molecule has 3 aromatic rings. The van der Waals surface area contributed by atoms with Crippen molar-refractivity contribution in [1.29, 1.82) is 0 Å². The quantitative estimate of drug-likeness (QED) is 0.0976. The van der Waals surface area contributed by atoms with Crippen LogP contribution in [-0.2, 0) is 48.2 Å². The number of fused-ring (bicyclic) bond motifs is 3. The van der Waals surface area contributed by atoms with E-state index in [1.807, 2.05) is 51.1 Å². The van der Waals surface area contributed by atoms with Crippen molar-refractivity contribution in [3.63, 3.8) is 0 Å². The highest BCUT2D eigenvalue weighted by molar-refractivity contribution is 6.23. The number of piperidine rings is 1. The lowest BCUT2D eigenvalue weighted by atomic mass is 9.83. The Hall–Kier alpha value is -6.62. The van der Waals surface area contributed by atoms with Crippen molar-refractivity contribution in [2.75, 3.05) is 26.8 Å². The summed E-state index contributed by atoms with van der Waals surface area (Å²) in [6.07, 6.45) is 5.21. The lowest BCUT2D eigenvalue weighted by Crippen LogP contribution is -2.62. The van der Waals surface area contributed by atoms with Gasteiger partial charge in [-0.3, -0.25) is 48.6 Å². The van der Waals surface area contributed by atoms with Gasteiger partial charge in [0.05, 0.1) is 29.8 Å². The summed E-state index contributed by atoms with van der Waals surface area (Å²) in [4.78, 5) is 107. The van der Waals surface area contributed by atoms with Crippen LogP contribution >= 0.6 is 0 Å². The summed E-state index contributed by atoms with van der Waals surface area (Å²) >= 11 is 0. The Bertz CT molecular complexity index is 2430. The number of amides is 8. The van der Waals surface area contributed by atoms with E-state index in [9.17, 15) is 38.4 Å². The van der Waals surface area contributed by atoms with Crippen LogP contribution in [0.1, 0.15) is 122 Å². The van der Waals surface area contributed by atoms with Gasteiger partial charge in [0.25, 0.3) is 17.7 Å². The molecule has 1 fully saturated rings. The zero-order valence-electron chi connectivity index (χ0n) is 38.8. The number of imide groups is 2. The number of ether oxygens (including phenoxy) is 2. The maximum Gasteiger partial charge on any atom is 0.262 e. The topological polar surface area (TPSA) is 222 Å². The van der Waals surface area contributed by atoms with E-state index < -0.39 is 53.2 Å². The molecule has 1 unspecified atom stereocenters. The van der Waals surface area contributed by atoms with Gasteiger partial charge < -0.3 is 35.6 Å². The summed E-state index contributed by atoms with van der Waals surface area (Å²) in [7, 11) is 1.68. The van der Waals surface area contributed by atoms with E-state index in [2.05, 4.69) is 38.7 Å². The smallest absolute Gasteiger partial charge is 0.262 e. The first-order valence-corrected chi connectivity index (χ1v) is 23.2. The molecule has 0 saturated carbocycles. The van der Waals surface area contributed by atoms with Crippen LogP contribution in [0.5, 0.6) is 11.5 Å². The molecule has 4 aliphatic rings. The van der Waals surface area contributed by atoms with Gasteiger partial charge in [0, 0.05) is 25.9 Å². The fourth-order valence-electron chi connectivity index (χ4n) is 9.06. The molecule has 17 nitrogen and oxygen atoms in total. The lowest BCUT2D eigenvalue weighted by Gasteiger charge is -2.41. The number of carbonyl (C=O) groups excluding carboxylic acids is 8. The molecule has 3 heterocycles. The minimum atomic E-state index is -1.08. The van der Waals surface area contributed by atoms with Crippen molar-refractivity contribution in [2.24, 2.45) is 5.41 Å². The number of rotatable bonds is 17. The molecule has 3 aliphatic heterocycles. The average molecular weight is 920 g/mol. The molecule has 0 spiro atoms. The highest BCUT2D eigenvalue weighted by Crippen LogP contribution is 2.34. The van der Waals surface area contributed by atoms with Gasteiger partial charge in [-0.15, -0.1) is 0 Å². The minimum absolute atomic E-state index is 0.0175. The Morgan fingerprint density at radius 3 is 2.34 bits per heavy atom. The summed E-state index contributed by atoms with van der Waals surface area (Å²) in [6, 6.07) is 14.7. The van der Waals surface area contributed by atoms with Gasteiger partial charge in [0.15, 0.2) is 6.61 Å². The molecule has 17 heteroatoms. The molecule has 0 bridgehead atoms. The van der Waals surface area contributed by atoms with Crippen molar-refractivity contribution in [2.45, 2.75) is 122 Å². The molecule has 5 N–H and O–H groups in total. The molecule has 5 atom stereocenters. The fourth-order valence-corrected chi connectivity index (χ4v) is 9.06. The van der Waals surface area contributed by atoms with E-state index in [0.717, 1.165) is 47.3 Å². The molecule has 3 aromatic carbocycles. The van der Waals surface area contributed by atoms with Gasteiger partial charge >= 0.3 is 0 Å². The average Bonchev–Trinajstić information content (AvgIpc) is 3.55. The van der Waals surface area contributed by atoms with Crippen molar-refractivity contribution >= 4 is 47.3 Å².